The number of hydrogen-bond donors (Lipinski definition) is 0. The first-order valence-electron chi connectivity index (χ1n) is 9.11. The molecule has 0 spiro atoms. The van der Waals surface area contributed by atoms with Crippen molar-refractivity contribution in [2.45, 2.75) is 13.3 Å². The summed E-state index contributed by atoms with van der Waals surface area (Å²) in [6.45, 7) is 2.67. The van der Waals surface area contributed by atoms with Gasteiger partial charge in [0.15, 0.2) is 0 Å². The number of ether oxygens (including phenoxy) is 1. The fraction of sp³-hybridized carbons (Fsp3) is 0.120. The van der Waals surface area contributed by atoms with Gasteiger partial charge in [-0.25, -0.2) is 4.39 Å². The van der Waals surface area contributed by atoms with Gasteiger partial charge in [0.25, 0.3) is 0 Å². The number of benzene rings is 3. The first-order chi connectivity index (χ1) is 13.7. The van der Waals surface area contributed by atoms with Crippen LogP contribution >= 0.6 is 11.6 Å². The van der Waals surface area contributed by atoms with Crippen molar-refractivity contribution in [1.82, 2.24) is 0 Å². The summed E-state index contributed by atoms with van der Waals surface area (Å²) in [7, 11) is 0. The monoisotopic (exact) mass is 390 g/mol. The lowest BCUT2D eigenvalue weighted by Crippen LogP contribution is -1.92. The molecule has 0 bridgehead atoms. The molecule has 0 fully saturated rings. The van der Waals surface area contributed by atoms with Crippen LogP contribution in [0.5, 0.6) is 5.75 Å². The van der Waals surface area contributed by atoms with Crippen LogP contribution in [0.25, 0.3) is 11.1 Å². The van der Waals surface area contributed by atoms with E-state index >= 15 is 0 Å². The van der Waals surface area contributed by atoms with Gasteiger partial charge in [-0.15, -0.1) is 0 Å². The highest BCUT2D eigenvalue weighted by Crippen LogP contribution is 2.23. The van der Waals surface area contributed by atoms with Gasteiger partial charge in [0, 0.05) is 10.6 Å². The Morgan fingerprint density at radius 2 is 1.57 bits per heavy atom. The van der Waals surface area contributed by atoms with Crippen molar-refractivity contribution in [3.63, 3.8) is 0 Å². The van der Waals surface area contributed by atoms with E-state index in [1.54, 1.807) is 12.1 Å². The van der Waals surface area contributed by atoms with Gasteiger partial charge in [0.05, 0.1) is 5.56 Å². The number of hydrogen-bond acceptors (Lipinski definition) is 1. The normalized spacial score (nSPS) is 10.5. The smallest absolute Gasteiger partial charge is 0.140 e. The Hall–Kier alpha value is -3.02. The van der Waals surface area contributed by atoms with Crippen molar-refractivity contribution < 1.29 is 9.13 Å². The van der Waals surface area contributed by atoms with Gasteiger partial charge in [-0.2, -0.15) is 0 Å². The van der Waals surface area contributed by atoms with Crippen molar-refractivity contribution in [3.05, 3.63) is 101 Å². The Labute approximate surface area is 170 Å². The van der Waals surface area contributed by atoms with Crippen LogP contribution < -0.4 is 4.74 Å². The van der Waals surface area contributed by atoms with E-state index < -0.39 is 5.82 Å². The summed E-state index contributed by atoms with van der Waals surface area (Å²) in [6.07, 6.45) is 5.11. The van der Waals surface area contributed by atoms with E-state index in [1.807, 2.05) is 54.6 Å². The van der Waals surface area contributed by atoms with Crippen LogP contribution in [0.2, 0.25) is 5.02 Å². The fourth-order valence-corrected chi connectivity index (χ4v) is 2.76. The van der Waals surface area contributed by atoms with E-state index in [1.165, 1.54) is 6.07 Å². The van der Waals surface area contributed by atoms with E-state index in [0.717, 1.165) is 28.9 Å². The molecule has 28 heavy (non-hydrogen) atoms. The molecule has 0 aliphatic carbocycles. The Morgan fingerprint density at radius 1 is 0.893 bits per heavy atom. The summed E-state index contributed by atoms with van der Waals surface area (Å²) in [5, 5.41) is 0.362. The molecule has 3 rings (SSSR count). The van der Waals surface area contributed by atoms with Crippen molar-refractivity contribution >= 4 is 11.6 Å². The van der Waals surface area contributed by atoms with Gasteiger partial charge >= 0.3 is 0 Å². The van der Waals surface area contributed by atoms with Crippen LogP contribution in [-0.4, -0.2) is 6.61 Å². The first kappa shape index (κ1) is 19.7. The maximum atomic E-state index is 13.8. The van der Waals surface area contributed by atoms with Crippen LogP contribution in [0.1, 0.15) is 24.5 Å². The average molecular weight is 391 g/mol. The highest BCUT2D eigenvalue weighted by atomic mass is 35.5. The Morgan fingerprint density at radius 3 is 2.21 bits per heavy atom. The molecule has 3 aromatic carbocycles. The average Bonchev–Trinajstić information content (AvgIpc) is 2.72. The highest BCUT2D eigenvalue weighted by molar-refractivity contribution is 6.30. The highest BCUT2D eigenvalue weighted by Gasteiger charge is 2.01. The van der Waals surface area contributed by atoms with E-state index in [0.29, 0.717) is 17.2 Å². The van der Waals surface area contributed by atoms with Crippen LogP contribution in [0.3, 0.4) is 0 Å². The number of halogens is 2. The van der Waals surface area contributed by atoms with Gasteiger partial charge in [-0.1, -0.05) is 66.8 Å². The first-order valence-corrected chi connectivity index (χ1v) is 9.49. The molecule has 0 radical (unpaired) electrons. The summed E-state index contributed by atoms with van der Waals surface area (Å²) < 4.78 is 19.5. The molecule has 0 saturated heterocycles. The molecule has 0 saturated carbocycles. The molecule has 1 nitrogen and oxygen atoms in total. The quantitative estimate of drug-likeness (QED) is 0.340. The number of rotatable bonds is 5. The largest absolute Gasteiger partial charge is 0.490 e. The summed E-state index contributed by atoms with van der Waals surface area (Å²) in [5.41, 5.74) is 3.33. The molecule has 0 atom stereocenters. The van der Waals surface area contributed by atoms with Gasteiger partial charge in [0.1, 0.15) is 18.2 Å². The van der Waals surface area contributed by atoms with E-state index in [2.05, 4.69) is 24.8 Å². The van der Waals surface area contributed by atoms with Crippen molar-refractivity contribution in [2.75, 3.05) is 6.61 Å². The number of allylic oxidation sites excluding steroid dienone is 1. The topological polar surface area (TPSA) is 9.23 Å². The molecule has 140 valence electrons. The molecular weight excluding hydrogens is 371 g/mol. The lowest BCUT2D eigenvalue weighted by molar-refractivity contribution is 0.362. The molecular formula is C25H20ClFO. The summed E-state index contributed by atoms with van der Waals surface area (Å²) in [6, 6.07) is 20.3. The molecule has 0 N–H and O–H groups in total. The predicted molar refractivity (Wildman–Crippen MR) is 114 cm³/mol. The second-order valence-electron chi connectivity index (χ2n) is 6.17. The SMILES string of the molecule is CCC=CCOc1ccc(-c2ccc(C#Cc3ccc(Cl)cc3F)cc2)cc1. The van der Waals surface area contributed by atoms with E-state index in [4.69, 9.17) is 16.3 Å². The molecule has 0 aliphatic heterocycles. The Bertz CT molecular complexity index is 1010. The van der Waals surface area contributed by atoms with Crippen molar-refractivity contribution in [2.24, 2.45) is 0 Å². The van der Waals surface area contributed by atoms with Gasteiger partial charge in [-0.3, -0.25) is 0 Å². The Kier molecular flexibility index (Phi) is 6.89. The standard InChI is InChI=1S/C25H20ClFO/c1-2-3-4-17-28-24-15-12-21(13-16-24)20-8-5-19(6-9-20)7-10-22-11-14-23(26)18-25(22)27/h3-6,8-9,11-16,18H,2,17H2,1H3. The second-order valence-corrected chi connectivity index (χ2v) is 6.60. The summed E-state index contributed by atoms with van der Waals surface area (Å²) in [5.74, 6) is 6.26. The van der Waals surface area contributed by atoms with Crippen molar-refractivity contribution in [3.8, 4) is 28.7 Å². The fourth-order valence-electron chi connectivity index (χ4n) is 2.60. The van der Waals surface area contributed by atoms with Gasteiger partial charge in [0.2, 0.25) is 0 Å². The van der Waals surface area contributed by atoms with E-state index in [-0.39, 0.29) is 0 Å². The summed E-state index contributed by atoms with van der Waals surface area (Å²) in [4.78, 5) is 0. The second kappa shape index (κ2) is 9.78. The van der Waals surface area contributed by atoms with Crippen LogP contribution in [0, 0.1) is 17.7 Å². The molecule has 3 aromatic rings. The van der Waals surface area contributed by atoms with Gasteiger partial charge < -0.3 is 4.74 Å². The molecule has 0 aliphatic rings. The lowest BCUT2D eigenvalue weighted by atomic mass is 10.0. The maximum Gasteiger partial charge on any atom is 0.140 e. The van der Waals surface area contributed by atoms with Crippen molar-refractivity contribution in [1.29, 1.82) is 0 Å². The lowest BCUT2D eigenvalue weighted by Gasteiger charge is -2.06. The third-order valence-electron chi connectivity index (χ3n) is 4.09. The van der Waals surface area contributed by atoms with Crippen LogP contribution in [0.15, 0.2) is 78.9 Å². The Balaban J connectivity index is 1.67. The van der Waals surface area contributed by atoms with E-state index in [9.17, 15) is 4.39 Å². The maximum absolute atomic E-state index is 13.8. The minimum atomic E-state index is -0.413. The van der Waals surface area contributed by atoms with Crippen LogP contribution in [0.4, 0.5) is 4.39 Å². The minimum Gasteiger partial charge on any atom is -0.490 e. The molecule has 3 heteroatoms. The zero-order valence-corrected chi connectivity index (χ0v) is 16.3. The third kappa shape index (κ3) is 5.49. The molecule has 0 unspecified atom stereocenters. The molecule has 0 amide bonds. The molecule has 0 aromatic heterocycles. The third-order valence-corrected chi connectivity index (χ3v) is 4.33. The van der Waals surface area contributed by atoms with Gasteiger partial charge in [-0.05, 0) is 60.0 Å². The summed E-state index contributed by atoms with van der Waals surface area (Å²) >= 11 is 5.76. The predicted octanol–water partition coefficient (Wildman–Crippen LogP) is 6.89. The molecule has 0 heterocycles. The zero-order chi connectivity index (χ0) is 19.8. The zero-order valence-electron chi connectivity index (χ0n) is 15.6. The minimum absolute atomic E-state index is 0.331. The van der Waals surface area contributed by atoms with Crippen LogP contribution in [-0.2, 0) is 0 Å².